The molecule has 2 heterocycles. The number of likely N-dealkylation sites (tertiary alicyclic amines) is 1. The quantitative estimate of drug-likeness (QED) is 0.786. The van der Waals surface area contributed by atoms with Crippen molar-refractivity contribution in [1.82, 2.24) is 10.2 Å². The molecule has 2 aromatic rings. The molecule has 1 unspecified atom stereocenters. The third-order valence-electron chi connectivity index (χ3n) is 5.01. The molecule has 1 atom stereocenters. The summed E-state index contributed by atoms with van der Waals surface area (Å²) in [5.41, 5.74) is 0.191. The first-order valence-electron chi connectivity index (χ1n) is 9.40. The van der Waals surface area contributed by atoms with Crippen molar-refractivity contribution in [3.05, 3.63) is 54.0 Å². The molecule has 0 aliphatic carbocycles. The van der Waals surface area contributed by atoms with Crippen LogP contribution in [0.15, 0.2) is 52.0 Å². The van der Waals surface area contributed by atoms with Crippen molar-refractivity contribution in [3.8, 4) is 0 Å². The summed E-state index contributed by atoms with van der Waals surface area (Å²) in [5, 5.41) is 2.92. The van der Waals surface area contributed by atoms with Gasteiger partial charge in [-0.15, -0.1) is 0 Å². The molecule has 0 bridgehead atoms. The van der Waals surface area contributed by atoms with Crippen molar-refractivity contribution in [3.63, 3.8) is 0 Å². The number of amides is 1. The molecule has 1 aromatic heterocycles. The Hall–Kier alpha value is -2.12. The Labute approximate surface area is 160 Å². The first-order valence-corrected chi connectivity index (χ1v) is 11.1. The van der Waals surface area contributed by atoms with E-state index < -0.39 is 9.84 Å². The van der Waals surface area contributed by atoms with Crippen LogP contribution in [-0.2, 0) is 9.84 Å². The maximum Gasteiger partial charge on any atom is 0.252 e. The topological polar surface area (TPSA) is 79.6 Å². The summed E-state index contributed by atoms with van der Waals surface area (Å²) in [6, 6.07) is 10.1. The molecular formula is C20H26N2O4S. The number of carbonyl (C=O) groups excluding carboxylic acids is 1. The number of piperidine rings is 1. The number of benzene rings is 1. The van der Waals surface area contributed by atoms with E-state index in [4.69, 9.17) is 4.42 Å². The summed E-state index contributed by atoms with van der Waals surface area (Å²) in [6.45, 7) is 3.87. The molecule has 146 valence electrons. The number of rotatable bonds is 7. The largest absolute Gasteiger partial charge is 0.468 e. The fourth-order valence-electron chi connectivity index (χ4n) is 3.49. The summed E-state index contributed by atoms with van der Waals surface area (Å²) >= 11 is 0. The Kier molecular flexibility index (Phi) is 6.34. The fourth-order valence-corrected chi connectivity index (χ4v) is 4.58. The Morgan fingerprint density at radius 2 is 1.89 bits per heavy atom. The second-order valence-electron chi connectivity index (χ2n) is 6.74. The Morgan fingerprint density at radius 3 is 2.56 bits per heavy atom. The average Bonchev–Trinajstić information content (AvgIpc) is 3.23. The molecule has 27 heavy (non-hydrogen) atoms. The molecule has 1 aromatic carbocycles. The number of carbonyl (C=O) groups is 1. The minimum Gasteiger partial charge on any atom is -0.468 e. The normalized spacial score (nSPS) is 16.8. The van der Waals surface area contributed by atoms with E-state index in [1.165, 1.54) is 12.5 Å². The van der Waals surface area contributed by atoms with Crippen LogP contribution < -0.4 is 5.32 Å². The van der Waals surface area contributed by atoms with Crippen LogP contribution in [0.5, 0.6) is 0 Å². The minimum absolute atomic E-state index is 0.0416. The number of furan rings is 1. The van der Waals surface area contributed by atoms with Crippen LogP contribution in [0.2, 0.25) is 0 Å². The highest BCUT2D eigenvalue weighted by atomic mass is 32.2. The van der Waals surface area contributed by atoms with Gasteiger partial charge in [-0.3, -0.25) is 9.69 Å². The summed E-state index contributed by atoms with van der Waals surface area (Å²) in [4.78, 5) is 15.2. The van der Waals surface area contributed by atoms with Crippen molar-refractivity contribution < 1.29 is 17.6 Å². The van der Waals surface area contributed by atoms with Crippen LogP contribution in [0, 0.1) is 0 Å². The molecule has 1 fully saturated rings. The van der Waals surface area contributed by atoms with E-state index in [0.29, 0.717) is 6.54 Å². The molecular weight excluding hydrogens is 364 g/mol. The molecule has 1 amide bonds. The maximum atomic E-state index is 12.8. The van der Waals surface area contributed by atoms with Gasteiger partial charge in [-0.1, -0.05) is 25.5 Å². The van der Waals surface area contributed by atoms with Crippen LogP contribution >= 0.6 is 0 Å². The van der Waals surface area contributed by atoms with Gasteiger partial charge in [0.25, 0.3) is 5.91 Å². The Bertz CT molecular complexity index is 856. The smallest absolute Gasteiger partial charge is 0.252 e. The van der Waals surface area contributed by atoms with Crippen molar-refractivity contribution >= 4 is 15.7 Å². The van der Waals surface area contributed by atoms with E-state index in [1.54, 1.807) is 31.4 Å². The van der Waals surface area contributed by atoms with Gasteiger partial charge in [0, 0.05) is 6.54 Å². The molecule has 3 rings (SSSR count). The lowest BCUT2D eigenvalue weighted by Gasteiger charge is -2.33. The van der Waals surface area contributed by atoms with Crippen LogP contribution in [0.1, 0.15) is 48.3 Å². The Balaban J connectivity index is 1.77. The predicted octanol–water partition coefficient (Wildman–Crippen LogP) is 3.03. The lowest BCUT2D eigenvalue weighted by molar-refractivity contribution is 0.0911. The number of nitrogens with zero attached hydrogens (tertiary/aromatic N) is 1. The summed E-state index contributed by atoms with van der Waals surface area (Å²) in [5.74, 6) is 0.392. The molecule has 1 aliphatic heterocycles. The third kappa shape index (κ3) is 4.59. The van der Waals surface area contributed by atoms with E-state index in [2.05, 4.69) is 10.2 Å². The highest BCUT2D eigenvalue weighted by molar-refractivity contribution is 7.91. The van der Waals surface area contributed by atoms with Gasteiger partial charge in [-0.25, -0.2) is 8.42 Å². The lowest BCUT2D eigenvalue weighted by atomic mass is 10.1. The molecule has 0 radical (unpaired) electrons. The number of hydrogen-bond acceptors (Lipinski definition) is 5. The zero-order valence-electron chi connectivity index (χ0n) is 15.6. The van der Waals surface area contributed by atoms with Gasteiger partial charge in [0.2, 0.25) is 0 Å². The molecule has 0 saturated carbocycles. The van der Waals surface area contributed by atoms with Crippen LogP contribution in [-0.4, -0.2) is 44.6 Å². The lowest BCUT2D eigenvalue weighted by Crippen LogP contribution is -2.40. The summed E-state index contributed by atoms with van der Waals surface area (Å²) < 4.78 is 30.2. The molecule has 1 N–H and O–H groups in total. The van der Waals surface area contributed by atoms with Crippen molar-refractivity contribution in [2.24, 2.45) is 0 Å². The predicted molar refractivity (Wildman–Crippen MR) is 103 cm³/mol. The van der Waals surface area contributed by atoms with Gasteiger partial charge >= 0.3 is 0 Å². The van der Waals surface area contributed by atoms with Gasteiger partial charge in [0.15, 0.2) is 9.84 Å². The molecule has 6 nitrogen and oxygen atoms in total. The Morgan fingerprint density at radius 1 is 1.15 bits per heavy atom. The first kappa shape index (κ1) is 19.6. The zero-order valence-corrected chi connectivity index (χ0v) is 16.4. The van der Waals surface area contributed by atoms with Crippen LogP contribution in [0.3, 0.4) is 0 Å². The number of sulfone groups is 1. The van der Waals surface area contributed by atoms with Crippen molar-refractivity contribution in [2.45, 2.75) is 37.1 Å². The highest BCUT2D eigenvalue weighted by Gasteiger charge is 2.26. The van der Waals surface area contributed by atoms with Gasteiger partial charge in [-0.2, -0.15) is 0 Å². The van der Waals surface area contributed by atoms with E-state index in [9.17, 15) is 13.2 Å². The molecule has 1 saturated heterocycles. The van der Waals surface area contributed by atoms with E-state index in [-0.39, 0.29) is 28.2 Å². The monoisotopic (exact) mass is 390 g/mol. The van der Waals surface area contributed by atoms with E-state index in [0.717, 1.165) is 31.7 Å². The molecule has 7 heteroatoms. The summed E-state index contributed by atoms with van der Waals surface area (Å²) in [7, 11) is -3.47. The second kappa shape index (κ2) is 8.71. The third-order valence-corrected chi connectivity index (χ3v) is 6.79. The van der Waals surface area contributed by atoms with Crippen LogP contribution in [0.25, 0.3) is 0 Å². The van der Waals surface area contributed by atoms with Crippen LogP contribution in [0.4, 0.5) is 0 Å². The highest BCUT2D eigenvalue weighted by Crippen LogP contribution is 2.25. The number of nitrogens with one attached hydrogen (secondary N) is 1. The first-order chi connectivity index (χ1) is 13.0. The molecule has 0 spiro atoms. The van der Waals surface area contributed by atoms with Gasteiger partial charge < -0.3 is 9.73 Å². The van der Waals surface area contributed by atoms with Crippen molar-refractivity contribution in [1.29, 1.82) is 0 Å². The standard InChI is InChI=1S/C20H26N2O4S/c1-2-27(24,25)19-11-5-4-9-16(19)20(23)21-15-17(18-10-8-14-26-18)22-12-6-3-7-13-22/h4-5,8-11,14,17H,2-3,6-7,12-13,15H2,1H3,(H,21,23). The number of hydrogen-bond donors (Lipinski definition) is 1. The van der Waals surface area contributed by atoms with E-state index in [1.807, 2.05) is 12.1 Å². The van der Waals surface area contributed by atoms with Crippen molar-refractivity contribution in [2.75, 3.05) is 25.4 Å². The maximum absolute atomic E-state index is 12.8. The summed E-state index contributed by atoms with van der Waals surface area (Å²) in [6.07, 6.45) is 5.11. The SMILES string of the molecule is CCS(=O)(=O)c1ccccc1C(=O)NCC(c1ccco1)N1CCCCC1. The second-order valence-corrected chi connectivity index (χ2v) is 8.98. The molecule has 1 aliphatic rings. The van der Waals surface area contributed by atoms with E-state index >= 15 is 0 Å². The zero-order chi connectivity index (χ0) is 19.3. The fraction of sp³-hybridized carbons (Fsp3) is 0.450. The average molecular weight is 391 g/mol. The van der Waals surface area contributed by atoms with Gasteiger partial charge in [0.05, 0.1) is 28.5 Å². The van der Waals surface area contributed by atoms with Gasteiger partial charge in [-0.05, 0) is 50.2 Å². The van der Waals surface area contributed by atoms with Gasteiger partial charge in [0.1, 0.15) is 5.76 Å². The minimum atomic E-state index is -3.47.